The van der Waals surface area contributed by atoms with Crippen LogP contribution in [0.25, 0.3) is 0 Å². The van der Waals surface area contributed by atoms with Gasteiger partial charge < -0.3 is 9.80 Å². The summed E-state index contributed by atoms with van der Waals surface area (Å²) in [6.45, 7) is 6.76. The molecule has 2 saturated heterocycles. The van der Waals surface area contributed by atoms with E-state index in [0.717, 1.165) is 57.5 Å². The van der Waals surface area contributed by atoms with Gasteiger partial charge in [-0.1, -0.05) is 37.3 Å². The molecule has 0 radical (unpaired) electrons. The third-order valence-electron chi connectivity index (χ3n) is 5.67. The molecule has 25 heavy (non-hydrogen) atoms. The smallest absolute Gasteiger partial charge is 0.223 e. The SMILES string of the molecule is CC1CCCN(C(=O)CCN2CCC(C(=O)c3ccccc3)CC2)C1. The zero-order valence-corrected chi connectivity index (χ0v) is 15.3. The first kappa shape index (κ1) is 18.1. The normalized spacial score (nSPS) is 22.8. The van der Waals surface area contributed by atoms with E-state index in [1.165, 1.54) is 6.42 Å². The van der Waals surface area contributed by atoms with Crippen LogP contribution in [-0.4, -0.2) is 54.2 Å². The monoisotopic (exact) mass is 342 g/mol. The lowest BCUT2D eigenvalue weighted by molar-refractivity contribution is -0.133. The molecule has 1 aromatic carbocycles. The predicted octanol–water partition coefficient (Wildman–Crippen LogP) is 3.23. The molecule has 4 heteroatoms. The van der Waals surface area contributed by atoms with Crippen LogP contribution in [0.2, 0.25) is 0 Å². The molecular weight excluding hydrogens is 312 g/mol. The molecular formula is C21H30N2O2. The number of amides is 1. The van der Waals surface area contributed by atoms with Crippen molar-refractivity contribution < 1.29 is 9.59 Å². The van der Waals surface area contributed by atoms with Crippen LogP contribution in [0.15, 0.2) is 30.3 Å². The maximum Gasteiger partial charge on any atom is 0.223 e. The van der Waals surface area contributed by atoms with Crippen molar-refractivity contribution in [2.75, 3.05) is 32.7 Å². The number of carbonyl (C=O) groups excluding carboxylic acids is 2. The van der Waals surface area contributed by atoms with Gasteiger partial charge in [-0.2, -0.15) is 0 Å². The van der Waals surface area contributed by atoms with Gasteiger partial charge in [0.1, 0.15) is 0 Å². The first-order valence-corrected chi connectivity index (χ1v) is 9.73. The van der Waals surface area contributed by atoms with Crippen molar-refractivity contribution in [3.8, 4) is 0 Å². The van der Waals surface area contributed by atoms with Crippen LogP contribution in [0.1, 0.15) is 49.4 Å². The average Bonchev–Trinajstić information content (AvgIpc) is 2.66. The molecule has 1 unspecified atom stereocenters. The molecule has 0 N–H and O–H groups in total. The van der Waals surface area contributed by atoms with Crippen molar-refractivity contribution in [3.63, 3.8) is 0 Å². The summed E-state index contributed by atoms with van der Waals surface area (Å²) in [5, 5.41) is 0. The fourth-order valence-corrected chi connectivity index (χ4v) is 4.08. The summed E-state index contributed by atoms with van der Waals surface area (Å²) in [6.07, 6.45) is 4.81. The third kappa shape index (κ3) is 4.91. The lowest BCUT2D eigenvalue weighted by atomic mass is 9.89. The summed E-state index contributed by atoms with van der Waals surface area (Å²) in [7, 11) is 0. The number of nitrogens with zero attached hydrogens (tertiary/aromatic N) is 2. The molecule has 0 saturated carbocycles. The Bertz CT molecular complexity index is 579. The van der Waals surface area contributed by atoms with Crippen LogP contribution >= 0.6 is 0 Å². The van der Waals surface area contributed by atoms with E-state index >= 15 is 0 Å². The number of ketones is 1. The first-order valence-electron chi connectivity index (χ1n) is 9.73. The molecule has 0 aliphatic carbocycles. The average molecular weight is 342 g/mol. The highest BCUT2D eigenvalue weighted by Gasteiger charge is 2.26. The molecule has 1 amide bonds. The second-order valence-electron chi connectivity index (χ2n) is 7.68. The molecule has 136 valence electrons. The highest BCUT2D eigenvalue weighted by Crippen LogP contribution is 2.22. The summed E-state index contributed by atoms with van der Waals surface area (Å²) in [5.74, 6) is 1.35. The maximum atomic E-state index is 12.5. The van der Waals surface area contributed by atoms with Gasteiger partial charge in [0.05, 0.1) is 0 Å². The molecule has 2 heterocycles. The second-order valence-corrected chi connectivity index (χ2v) is 7.68. The van der Waals surface area contributed by atoms with Crippen molar-refractivity contribution in [1.29, 1.82) is 0 Å². The van der Waals surface area contributed by atoms with Gasteiger partial charge in [-0.15, -0.1) is 0 Å². The van der Waals surface area contributed by atoms with Gasteiger partial charge in [-0.3, -0.25) is 9.59 Å². The zero-order chi connectivity index (χ0) is 17.6. The Kier molecular flexibility index (Phi) is 6.24. The quantitative estimate of drug-likeness (QED) is 0.772. The molecule has 4 nitrogen and oxygen atoms in total. The van der Waals surface area contributed by atoms with Gasteiger partial charge in [0.25, 0.3) is 0 Å². The number of rotatable bonds is 5. The molecule has 3 rings (SSSR count). The summed E-state index contributed by atoms with van der Waals surface area (Å²) in [6, 6.07) is 9.62. The van der Waals surface area contributed by atoms with Crippen molar-refractivity contribution in [2.24, 2.45) is 11.8 Å². The van der Waals surface area contributed by atoms with Crippen molar-refractivity contribution in [3.05, 3.63) is 35.9 Å². The molecule has 0 bridgehead atoms. The largest absolute Gasteiger partial charge is 0.342 e. The maximum absolute atomic E-state index is 12.5. The topological polar surface area (TPSA) is 40.6 Å². The van der Waals surface area contributed by atoms with E-state index in [9.17, 15) is 9.59 Å². The fourth-order valence-electron chi connectivity index (χ4n) is 4.08. The van der Waals surface area contributed by atoms with Crippen molar-refractivity contribution in [2.45, 2.75) is 39.0 Å². The Hall–Kier alpha value is -1.68. The highest BCUT2D eigenvalue weighted by atomic mass is 16.2. The van der Waals surface area contributed by atoms with E-state index in [1.54, 1.807) is 0 Å². The Balaban J connectivity index is 1.40. The standard InChI is InChI=1S/C21H30N2O2/c1-17-6-5-12-23(16-17)20(24)11-15-22-13-9-19(10-14-22)21(25)18-7-3-2-4-8-18/h2-4,7-8,17,19H,5-6,9-16H2,1H3. The summed E-state index contributed by atoms with van der Waals surface area (Å²) < 4.78 is 0. The molecule has 0 aromatic heterocycles. The summed E-state index contributed by atoms with van der Waals surface area (Å²) in [5.41, 5.74) is 0.829. The number of carbonyl (C=O) groups is 2. The van der Waals surface area contributed by atoms with Crippen molar-refractivity contribution >= 4 is 11.7 Å². The third-order valence-corrected chi connectivity index (χ3v) is 5.67. The number of hydrogen-bond acceptors (Lipinski definition) is 3. The van der Waals surface area contributed by atoms with Crippen LogP contribution in [0.4, 0.5) is 0 Å². The van der Waals surface area contributed by atoms with Gasteiger partial charge in [0.15, 0.2) is 5.78 Å². The highest BCUT2D eigenvalue weighted by molar-refractivity contribution is 5.97. The van der Waals surface area contributed by atoms with Crippen molar-refractivity contribution in [1.82, 2.24) is 9.80 Å². The second kappa shape index (κ2) is 8.61. The lowest BCUT2D eigenvalue weighted by Gasteiger charge is -2.33. The van der Waals surface area contributed by atoms with E-state index in [1.807, 2.05) is 35.2 Å². The molecule has 2 fully saturated rings. The minimum Gasteiger partial charge on any atom is -0.342 e. The number of hydrogen-bond donors (Lipinski definition) is 0. The molecule has 2 aliphatic heterocycles. The van der Waals surface area contributed by atoms with Crippen LogP contribution in [-0.2, 0) is 4.79 Å². The number of likely N-dealkylation sites (tertiary alicyclic amines) is 2. The molecule has 2 aliphatic rings. The number of benzene rings is 1. The van der Waals surface area contributed by atoms with Gasteiger partial charge in [0.2, 0.25) is 5.91 Å². The van der Waals surface area contributed by atoms with Gasteiger partial charge in [-0.05, 0) is 44.7 Å². The van der Waals surface area contributed by atoms with Crippen LogP contribution in [0.5, 0.6) is 0 Å². The Labute approximate surface area is 151 Å². The summed E-state index contributed by atoms with van der Waals surface area (Å²) in [4.78, 5) is 29.3. The predicted molar refractivity (Wildman–Crippen MR) is 99.5 cm³/mol. The van der Waals surface area contributed by atoms with E-state index in [0.29, 0.717) is 18.2 Å². The van der Waals surface area contributed by atoms with E-state index < -0.39 is 0 Å². The van der Waals surface area contributed by atoms with Crippen LogP contribution in [0.3, 0.4) is 0 Å². The number of Topliss-reactive ketones (excluding diaryl/α,β-unsaturated/α-hetero) is 1. The molecule has 1 atom stereocenters. The van der Waals surface area contributed by atoms with Gasteiger partial charge in [0, 0.05) is 37.5 Å². The van der Waals surface area contributed by atoms with Crippen LogP contribution in [0, 0.1) is 11.8 Å². The number of piperidine rings is 2. The molecule has 1 aromatic rings. The van der Waals surface area contributed by atoms with E-state index in [2.05, 4.69) is 11.8 Å². The Morgan fingerprint density at radius 3 is 2.44 bits per heavy atom. The Morgan fingerprint density at radius 2 is 1.76 bits per heavy atom. The minimum absolute atomic E-state index is 0.136. The Morgan fingerprint density at radius 1 is 1.04 bits per heavy atom. The minimum atomic E-state index is 0.136. The molecule has 0 spiro atoms. The van der Waals surface area contributed by atoms with E-state index in [4.69, 9.17) is 0 Å². The first-order chi connectivity index (χ1) is 12.1. The van der Waals surface area contributed by atoms with Gasteiger partial charge in [-0.25, -0.2) is 0 Å². The fraction of sp³-hybridized carbons (Fsp3) is 0.619. The summed E-state index contributed by atoms with van der Waals surface area (Å²) >= 11 is 0. The lowest BCUT2D eigenvalue weighted by Crippen LogP contribution is -2.42. The zero-order valence-electron chi connectivity index (χ0n) is 15.3. The van der Waals surface area contributed by atoms with E-state index in [-0.39, 0.29) is 11.7 Å². The van der Waals surface area contributed by atoms with Crippen LogP contribution < -0.4 is 0 Å². The van der Waals surface area contributed by atoms with Gasteiger partial charge >= 0.3 is 0 Å².